The molecule has 1 aliphatic rings. The minimum atomic E-state index is -0.0604. The van der Waals surface area contributed by atoms with Gasteiger partial charge in [0.15, 0.2) is 0 Å². The number of carbonyl (C=O) groups excluding carboxylic acids is 1. The molecule has 0 spiro atoms. The van der Waals surface area contributed by atoms with Gasteiger partial charge in [-0.25, -0.2) is 0 Å². The van der Waals surface area contributed by atoms with Crippen molar-refractivity contribution in [2.45, 2.75) is 18.9 Å². The summed E-state index contributed by atoms with van der Waals surface area (Å²) in [5.41, 5.74) is 6.36. The number of nitrogens with one attached hydrogen (secondary N) is 2. The van der Waals surface area contributed by atoms with Crippen molar-refractivity contribution in [3.05, 3.63) is 10.9 Å². The smallest absolute Gasteiger partial charge is 0.263 e. The van der Waals surface area contributed by atoms with Crippen molar-refractivity contribution in [1.29, 1.82) is 0 Å². The number of methoxy groups -OCH3 is 1. The van der Waals surface area contributed by atoms with Crippen molar-refractivity contribution in [2.24, 2.45) is 0 Å². The first-order valence-electron chi connectivity index (χ1n) is 5.63. The molecule has 6 heteroatoms. The Balaban J connectivity index is 1.94. The molecule has 0 unspecified atom stereocenters. The van der Waals surface area contributed by atoms with Gasteiger partial charge in [-0.15, -0.1) is 11.3 Å². The fourth-order valence-electron chi connectivity index (χ4n) is 1.42. The van der Waals surface area contributed by atoms with E-state index in [0.29, 0.717) is 29.8 Å². The van der Waals surface area contributed by atoms with Crippen LogP contribution in [0.2, 0.25) is 0 Å². The van der Waals surface area contributed by atoms with Gasteiger partial charge in [0, 0.05) is 19.7 Å². The maximum atomic E-state index is 11.8. The second-order valence-electron chi connectivity index (χ2n) is 4.06. The van der Waals surface area contributed by atoms with Gasteiger partial charge in [0.25, 0.3) is 5.91 Å². The summed E-state index contributed by atoms with van der Waals surface area (Å²) in [4.78, 5) is 12.4. The van der Waals surface area contributed by atoms with Crippen molar-refractivity contribution >= 4 is 27.9 Å². The van der Waals surface area contributed by atoms with Gasteiger partial charge in [-0.2, -0.15) is 0 Å². The number of nitrogens with two attached hydrogens (primary N) is 1. The third-order valence-electron chi connectivity index (χ3n) is 2.49. The highest BCUT2D eigenvalue weighted by atomic mass is 32.1. The molecule has 94 valence electrons. The standard InChI is InChI=1S/C11H17N3O2S/c1-16-5-4-13-9-6-8(12)10(17-9)11(15)14-7-2-3-7/h6-7,13H,2-5,12H2,1H3,(H,14,15). The van der Waals surface area contributed by atoms with Crippen LogP contribution in [-0.4, -0.2) is 32.2 Å². The largest absolute Gasteiger partial charge is 0.397 e. The summed E-state index contributed by atoms with van der Waals surface area (Å²) in [5, 5.41) is 7.00. The quantitative estimate of drug-likeness (QED) is 0.669. The maximum Gasteiger partial charge on any atom is 0.263 e. The van der Waals surface area contributed by atoms with Gasteiger partial charge in [-0.05, 0) is 18.9 Å². The van der Waals surface area contributed by atoms with Crippen molar-refractivity contribution in [2.75, 3.05) is 31.3 Å². The Labute approximate surface area is 104 Å². The van der Waals surface area contributed by atoms with Crippen LogP contribution in [0.15, 0.2) is 6.07 Å². The Morgan fingerprint density at radius 1 is 1.65 bits per heavy atom. The van der Waals surface area contributed by atoms with Crippen molar-refractivity contribution in [3.63, 3.8) is 0 Å². The number of ether oxygens (including phenoxy) is 1. The lowest BCUT2D eigenvalue weighted by Crippen LogP contribution is -2.25. The van der Waals surface area contributed by atoms with E-state index in [1.807, 2.05) is 0 Å². The molecule has 0 bridgehead atoms. The Morgan fingerprint density at radius 3 is 3.06 bits per heavy atom. The van der Waals surface area contributed by atoms with Crippen molar-refractivity contribution < 1.29 is 9.53 Å². The van der Waals surface area contributed by atoms with Gasteiger partial charge < -0.3 is 21.1 Å². The number of thiophene rings is 1. The predicted octanol–water partition coefficient (Wildman–Crippen LogP) is 1.28. The zero-order valence-electron chi connectivity index (χ0n) is 9.79. The van der Waals surface area contributed by atoms with Crippen LogP contribution >= 0.6 is 11.3 Å². The summed E-state index contributed by atoms with van der Waals surface area (Å²) in [6, 6.07) is 2.15. The lowest BCUT2D eigenvalue weighted by Gasteiger charge is -2.01. The Bertz CT molecular complexity index is 401. The van der Waals surface area contributed by atoms with Gasteiger partial charge in [-0.1, -0.05) is 0 Å². The molecule has 1 aliphatic carbocycles. The number of rotatable bonds is 6. The molecular formula is C11H17N3O2S. The fraction of sp³-hybridized carbons (Fsp3) is 0.545. The molecule has 0 aliphatic heterocycles. The first-order chi connectivity index (χ1) is 8.20. The number of amides is 1. The van der Waals surface area contributed by atoms with Crippen LogP contribution in [0.1, 0.15) is 22.5 Å². The summed E-state index contributed by atoms with van der Waals surface area (Å²) in [6.07, 6.45) is 2.16. The molecule has 4 N–H and O–H groups in total. The number of hydrogen-bond donors (Lipinski definition) is 3. The van der Waals surface area contributed by atoms with E-state index in [1.54, 1.807) is 13.2 Å². The lowest BCUT2D eigenvalue weighted by molar-refractivity contribution is 0.0956. The molecule has 17 heavy (non-hydrogen) atoms. The van der Waals surface area contributed by atoms with Gasteiger partial charge in [-0.3, -0.25) is 4.79 Å². The van der Waals surface area contributed by atoms with Crippen LogP contribution in [0, 0.1) is 0 Å². The van der Waals surface area contributed by atoms with E-state index in [9.17, 15) is 4.79 Å². The summed E-state index contributed by atoms with van der Waals surface area (Å²) in [5.74, 6) is -0.0604. The molecule has 1 amide bonds. The van der Waals surface area contributed by atoms with E-state index in [0.717, 1.165) is 17.8 Å². The highest BCUT2D eigenvalue weighted by Crippen LogP contribution is 2.30. The third-order valence-corrected chi connectivity index (χ3v) is 3.59. The summed E-state index contributed by atoms with van der Waals surface area (Å²) in [7, 11) is 1.65. The molecule has 2 rings (SSSR count). The van der Waals surface area contributed by atoms with Crippen molar-refractivity contribution in [3.8, 4) is 0 Å². The molecule has 5 nitrogen and oxygen atoms in total. The van der Waals surface area contributed by atoms with Gasteiger partial charge in [0.2, 0.25) is 0 Å². The lowest BCUT2D eigenvalue weighted by atomic mass is 10.3. The number of hydrogen-bond acceptors (Lipinski definition) is 5. The van der Waals surface area contributed by atoms with E-state index in [4.69, 9.17) is 10.5 Å². The van der Waals surface area contributed by atoms with Gasteiger partial charge >= 0.3 is 0 Å². The van der Waals surface area contributed by atoms with Crippen LogP contribution in [0.5, 0.6) is 0 Å². The van der Waals surface area contributed by atoms with E-state index < -0.39 is 0 Å². The topological polar surface area (TPSA) is 76.4 Å². The normalized spacial score (nSPS) is 14.6. The maximum absolute atomic E-state index is 11.8. The molecule has 1 heterocycles. The Morgan fingerprint density at radius 2 is 2.41 bits per heavy atom. The zero-order chi connectivity index (χ0) is 12.3. The van der Waals surface area contributed by atoms with E-state index in [1.165, 1.54) is 11.3 Å². The second kappa shape index (κ2) is 5.37. The fourth-order valence-corrected chi connectivity index (χ4v) is 2.33. The first kappa shape index (κ1) is 12.2. The summed E-state index contributed by atoms with van der Waals surface area (Å²) < 4.78 is 4.94. The Hall–Kier alpha value is -1.27. The molecule has 0 atom stereocenters. The minimum Gasteiger partial charge on any atom is -0.397 e. The van der Waals surface area contributed by atoms with E-state index in [2.05, 4.69) is 10.6 Å². The summed E-state index contributed by atoms with van der Waals surface area (Å²) in [6.45, 7) is 1.33. The van der Waals surface area contributed by atoms with Crippen molar-refractivity contribution in [1.82, 2.24) is 5.32 Å². The molecule has 1 aromatic rings. The van der Waals surface area contributed by atoms with Crippen LogP contribution < -0.4 is 16.4 Å². The average Bonchev–Trinajstić information content (AvgIpc) is 3.02. The van der Waals surface area contributed by atoms with Crippen LogP contribution in [0.4, 0.5) is 10.7 Å². The molecule has 1 fully saturated rings. The summed E-state index contributed by atoms with van der Waals surface area (Å²) >= 11 is 1.38. The monoisotopic (exact) mass is 255 g/mol. The molecule has 0 aromatic carbocycles. The third kappa shape index (κ3) is 3.34. The molecule has 1 saturated carbocycles. The SMILES string of the molecule is COCCNc1cc(N)c(C(=O)NC2CC2)s1. The molecule has 0 saturated heterocycles. The second-order valence-corrected chi connectivity index (χ2v) is 5.11. The highest BCUT2D eigenvalue weighted by Gasteiger charge is 2.25. The van der Waals surface area contributed by atoms with Gasteiger partial charge in [0.1, 0.15) is 4.88 Å². The highest BCUT2D eigenvalue weighted by molar-refractivity contribution is 7.18. The average molecular weight is 255 g/mol. The minimum absolute atomic E-state index is 0.0604. The molecular weight excluding hydrogens is 238 g/mol. The number of anilines is 2. The first-order valence-corrected chi connectivity index (χ1v) is 6.45. The Kier molecular flexibility index (Phi) is 3.86. The predicted molar refractivity (Wildman–Crippen MR) is 69.6 cm³/mol. The number of carbonyl (C=O) groups is 1. The van der Waals surface area contributed by atoms with E-state index >= 15 is 0 Å². The van der Waals surface area contributed by atoms with Crippen LogP contribution in [0.25, 0.3) is 0 Å². The molecule has 1 aromatic heterocycles. The van der Waals surface area contributed by atoms with E-state index in [-0.39, 0.29) is 5.91 Å². The molecule has 0 radical (unpaired) electrons. The van der Waals surface area contributed by atoms with Crippen LogP contribution in [-0.2, 0) is 4.74 Å². The van der Waals surface area contributed by atoms with Gasteiger partial charge in [0.05, 0.1) is 17.3 Å². The van der Waals surface area contributed by atoms with Crippen LogP contribution in [0.3, 0.4) is 0 Å². The zero-order valence-corrected chi connectivity index (χ0v) is 10.6. The number of nitrogen functional groups attached to an aromatic ring is 1.